The van der Waals surface area contributed by atoms with E-state index in [0.717, 1.165) is 27.0 Å². The molecule has 0 unspecified atom stereocenters. The zero-order valence-corrected chi connectivity index (χ0v) is 18.1. The fraction of sp³-hybridized carbons (Fsp3) is 0.125. The summed E-state index contributed by atoms with van der Waals surface area (Å²) in [5, 5.41) is 0.581. The van der Waals surface area contributed by atoms with Crippen LogP contribution < -0.4 is 9.64 Å². The molecule has 32 heavy (non-hydrogen) atoms. The number of para-hydroxylation sites is 2. The Kier molecular flexibility index (Phi) is 5.43. The van der Waals surface area contributed by atoms with E-state index in [0.29, 0.717) is 23.8 Å². The Labute approximate surface area is 188 Å². The Morgan fingerprint density at radius 3 is 2.69 bits per heavy atom. The SMILES string of the molecule is CCOc1ccc2nc(N(Cc3cccnc3)C(=O)c3cnc4ccccc4n3)sc2c1. The fourth-order valence-corrected chi connectivity index (χ4v) is 4.36. The van der Waals surface area contributed by atoms with Crippen molar-refractivity contribution in [1.82, 2.24) is 19.9 Å². The van der Waals surface area contributed by atoms with Crippen molar-refractivity contribution in [3.05, 3.63) is 84.4 Å². The first-order chi connectivity index (χ1) is 15.7. The molecule has 7 nitrogen and oxygen atoms in total. The lowest BCUT2D eigenvalue weighted by molar-refractivity contribution is 0.0980. The number of nitrogens with zero attached hydrogens (tertiary/aromatic N) is 5. The van der Waals surface area contributed by atoms with Gasteiger partial charge < -0.3 is 4.74 Å². The van der Waals surface area contributed by atoms with Gasteiger partial charge in [-0.1, -0.05) is 29.5 Å². The molecule has 0 atom stereocenters. The van der Waals surface area contributed by atoms with Crippen molar-refractivity contribution in [3.63, 3.8) is 0 Å². The van der Waals surface area contributed by atoms with Gasteiger partial charge in [0.2, 0.25) is 0 Å². The Morgan fingerprint density at radius 2 is 1.88 bits per heavy atom. The molecule has 3 heterocycles. The summed E-state index contributed by atoms with van der Waals surface area (Å²) in [5.74, 6) is 0.511. The molecule has 0 radical (unpaired) electrons. The summed E-state index contributed by atoms with van der Waals surface area (Å²) in [5.41, 5.74) is 3.38. The lowest BCUT2D eigenvalue weighted by Crippen LogP contribution is -2.31. The van der Waals surface area contributed by atoms with E-state index in [4.69, 9.17) is 9.72 Å². The number of benzene rings is 2. The van der Waals surface area contributed by atoms with Gasteiger partial charge in [-0.15, -0.1) is 0 Å². The van der Waals surface area contributed by atoms with Gasteiger partial charge in [0.15, 0.2) is 5.13 Å². The van der Waals surface area contributed by atoms with E-state index in [1.165, 1.54) is 17.5 Å². The highest BCUT2D eigenvalue weighted by Gasteiger charge is 2.23. The van der Waals surface area contributed by atoms with Crippen LogP contribution in [0.25, 0.3) is 21.3 Å². The van der Waals surface area contributed by atoms with Gasteiger partial charge >= 0.3 is 0 Å². The molecular formula is C24H19N5O2S. The van der Waals surface area contributed by atoms with E-state index < -0.39 is 0 Å². The maximum absolute atomic E-state index is 13.6. The van der Waals surface area contributed by atoms with Gasteiger partial charge in [0.05, 0.1) is 40.6 Å². The minimum Gasteiger partial charge on any atom is -0.494 e. The third-order valence-electron chi connectivity index (χ3n) is 4.87. The molecule has 1 amide bonds. The summed E-state index contributed by atoms with van der Waals surface area (Å²) in [6, 6.07) is 17.0. The van der Waals surface area contributed by atoms with Crippen molar-refractivity contribution in [2.75, 3.05) is 11.5 Å². The molecular weight excluding hydrogens is 422 g/mol. The Morgan fingerprint density at radius 1 is 1.00 bits per heavy atom. The summed E-state index contributed by atoms with van der Waals surface area (Å²) < 4.78 is 6.55. The number of hydrogen-bond donors (Lipinski definition) is 0. The van der Waals surface area contributed by atoms with Crippen LogP contribution in [0.15, 0.2) is 73.2 Å². The van der Waals surface area contributed by atoms with Gasteiger partial charge in [-0.25, -0.2) is 9.97 Å². The molecule has 0 N–H and O–H groups in total. The van der Waals surface area contributed by atoms with Gasteiger partial charge in [0.25, 0.3) is 5.91 Å². The molecule has 0 aliphatic rings. The number of amides is 1. The maximum Gasteiger partial charge on any atom is 0.280 e. The van der Waals surface area contributed by atoms with Crippen molar-refractivity contribution >= 4 is 43.6 Å². The van der Waals surface area contributed by atoms with E-state index in [-0.39, 0.29) is 11.6 Å². The number of hydrogen-bond acceptors (Lipinski definition) is 7. The van der Waals surface area contributed by atoms with Crippen LogP contribution in [0.4, 0.5) is 5.13 Å². The number of fused-ring (bicyclic) bond motifs is 2. The standard InChI is InChI=1S/C24H19N5O2S/c1-2-31-17-9-10-20-22(12-17)32-24(28-20)29(15-16-6-5-11-25-13-16)23(30)21-14-26-18-7-3-4-8-19(18)27-21/h3-14H,2,15H2,1H3. The molecule has 5 rings (SSSR count). The van der Waals surface area contributed by atoms with Crippen LogP contribution in [0.1, 0.15) is 23.0 Å². The van der Waals surface area contributed by atoms with Crippen LogP contribution in [-0.4, -0.2) is 32.4 Å². The molecule has 0 spiro atoms. The van der Waals surface area contributed by atoms with Gasteiger partial charge in [-0.2, -0.15) is 0 Å². The topological polar surface area (TPSA) is 81.1 Å². The average molecular weight is 442 g/mol. The number of thiazole rings is 1. The van der Waals surface area contributed by atoms with Crippen molar-refractivity contribution < 1.29 is 9.53 Å². The van der Waals surface area contributed by atoms with Gasteiger partial charge in [0, 0.05) is 12.4 Å². The van der Waals surface area contributed by atoms with Crippen LogP contribution in [0.5, 0.6) is 5.75 Å². The summed E-state index contributed by atoms with van der Waals surface area (Å²) in [7, 11) is 0. The summed E-state index contributed by atoms with van der Waals surface area (Å²) in [4.78, 5) is 33.1. The predicted molar refractivity (Wildman–Crippen MR) is 125 cm³/mol. The molecule has 2 aromatic carbocycles. The fourth-order valence-electron chi connectivity index (χ4n) is 3.36. The van der Waals surface area contributed by atoms with E-state index in [9.17, 15) is 4.79 Å². The number of pyridine rings is 1. The van der Waals surface area contributed by atoms with E-state index in [1.807, 2.05) is 61.5 Å². The second-order valence-corrected chi connectivity index (χ2v) is 8.06. The molecule has 158 valence electrons. The zero-order chi connectivity index (χ0) is 21.9. The van der Waals surface area contributed by atoms with E-state index >= 15 is 0 Å². The molecule has 0 fully saturated rings. The van der Waals surface area contributed by atoms with Gasteiger partial charge in [0.1, 0.15) is 11.4 Å². The van der Waals surface area contributed by atoms with E-state index in [1.54, 1.807) is 17.3 Å². The zero-order valence-electron chi connectivity index (χ0n) is 17.3. The Hall–Kier alpha value is -3.91. The lowest BCUT2D eigenvalue weighted by atomic mass is 10.2. The van der Waals surface area contributed by atoms with Crippen molar-refractivity contribution in [2.45, 2.75) is 13.5 Å². The first-order valence-electron chi connectivity index (χ1n) is 10.2. The third-order valence-corrected chi connectivity index (χ3v) is 5.91. The predicted octanol–water partition coefficient (Wildman–Crippen LogP) is 4.88. The summed E-state index contributed by atoms with van der Waals surface area (Å²) in [6.45, 7) is 2.85. The van der Waals surface area contributed by atoms with Crippen LogP contribution in [0.2, 0.25) is 0 Å². The van der Waals surface area contributed by atoms with Crippen LogP contribution >= 0.6 is 11.3 Å². The quantitative estimate of drug-likeness (QED) is 0.374. The minimum absolute atomic E-state index is 0.266. The van der Waals surface area contributed by atoms with Gasteiger partial charge in [-0.3, -0.25) is 19.7 Å². The lowest BCUT2D eigenvalue weighted by Gasteiger charge is -2.19. The largest absolute Gasteiger partial charge is 0.494 e. The highest BCUT2D eigenvalue weighted by atomic mass is 32.1. The average Bonchev–Trinajstić information content (AvgIpc) is 3.26. The van der Waals surface area contributed by atoms with Crippen LogP contribution in [0.3, 0.4) is 0 Å². The first kappa shape index (κ1) is 20.0. The maximum atomic E-state index is 13.6. The highest BCUT2D eigenvalue weighted by molar-refractivity contribution is 7.22. The molecule has 0 saturated carbocycles. The monoisotopic (exact) mass is 441 g/mol. The van der Waals surface area contributed by atoms with Crippen molar-refractivity contribution in [2.24, 2.45) is 0 Å². The number of carbonyl (C=O) groups excluding carboxylic acids is 1. The Balaban J connectivity index is 1.56. The molecule has 0 aliphatic heterocycles. The van der Waals surface area contributed by atoms with Crippen molar-refractivity contribution in [1.29, 1.82) is 0 Å². The highest BCUT2D eigenvalue weighted by Crippen LogP contribution is 2.33. The Bertz CT molecular complexity index is 1400. The summed E-state index contributed by atoms with van der Waals surface area (Å²) in [6.07, 6.45) is 4.96. The normalized spacial score (nSPS) is 11.0. The van der Waals surface area contributed by atoms with Crippen LogP contribution in [0, 0.1) is 0 Å². The molecule has 3 aromatic heterocycles. The molecule has 0 bridgehead atoms. The minimum atomic E-state index is -0.267. The molecule has 5 aromatic rings. The first-order valence-corrected chi connectivity index (χ1v) is 11.0. The van der Waals surface area contributed by atoms with Gasteiger partial charge in [-0.05, 0) is 48.9 Å². The molecule has 0 saturated heterocycles. The molecule has 8 heteroatoms. The number of aromatic nitrogens is 4. The number of rotatable bonds is 6. The van der Waals surface area contributed by atoms with Crippen LogP contribution in [-0.2, 0) is 6.54 Å². The number of ether oxygens (including phenoxy) is 1. The van der Waals surface area contributed by atoms with E-state index in [2.05, 4.69) is 15.0 Å². The van der Waals surface area contributed by atoms with Crippen molar-refractivity contribution in [3.8, 4) is 5.75 Å². The smallest absolute Gasteiger partial charge is 0.280 e. The number of anilines is 1. The second kappa shape index (κ2) is 8.68. The second-order valence-electron chi connectivity index (χ2n) is 7.06. The number of carbonyl (C=O) groups is 1. The molecule has 0 aliphatic carbocycles. The third kappa shape index (κ3) is 4.00. The summed E-state index contributed by atoms with van der Waals surface area (Å²) >= 11 is 1.44.